The second kappa shape index (κ2) is 6.53. The highest BCUT2D eigenvalue weighted by Gasteiger charge is 2.25. The van der Waals surface area contributed by atoms with Gasteiger partial charge in [-0.1, -0.05) is 17.7 Å². The zero-order valence-electron chi connectivity index (χ0n) is 11.2. The zero-order valence-corrected chi connectivity index (χ0v) is 12.8. The molecule has 5 nitrogen and oxygen atoms in total. The third kappa shape index (κ3) is 3.08. The molecule has 1 N–H and O–H groups in total. The number of halogens is 1. The Morgan fingerprint density at radius 1 is 1.38 bits per heavy atom. The maximum atomic E-state index is 12.7. The summed E-state index contributed by atoms with van der Waals surface area (Å²) in [5, 5.41) is 9.90. The summed E-state index contributed by atoms with van der Waals surface area (Å²) in [5.41, 5.74) is 0.433. The number of benzene rings is 1. The van der Waals surface area contributed by atoms with Crippen LogP contribution in [0.15, 0.2) is 48.0 Å². The number of aromatic nitrogens is 1. The Morgan fingerprint density at radius 3 is 2.81 bits per heavy atom. The Hall–Kier alpha value is -1.47. The highest BCUT2D eigenvalue weighted by atomic mass is 35.5. The summed E-state index contributed by atoms with van der Waals surface area (Å²) in [4.78, 5) is 4.24. The van der Waals surface area contributed by atoms with E-state index in [-0.39, 0.29) is 24.6 Å². The fourth-order valence-corrected chi connectivity index (χ4v) is 3.84. The van der Waals surface area contributed by atoms with E-state index in [4.69, 9.17) is 16.7 Å². The van der Waals surface area contributed by atoms with Gasteiger partial charge < -0.3 is 5.11 Å². The molecule has 1 aromatic carbocycles. The zero-order chi connectivity index (χ0) is 15.5. The lowest BCUT2D eigenvalue weighted by atomic mass is 10.2. The number of sulfonamides is 1. The standard InChI is InChI=1S/C14H15ClN2O3S/c1-2-8-17(9-10-18)21(19,20)13-6-5-12(15)14-11(13)4-3-7-16-14/h2-7,18H,1,8-10H2. The number of fused-ring (bicyclic) bond motifs is 1. The molecule has 0 saturated heterocycles. The van der Waals surface area contributed by atoms with Crippen molar-refractivity contribution in [3.63, 3.8) is 0 Å². The van der Waals surface area contributed by atoms with Crippen molar-refractivity contribution in [3.8, 4) is 0 Å². The van der Waals surface area contributed by atoms with Crippen molar-refractivity contribution in [2.45, 2.75) is 4.90 Å². The third-order valence-electron chi connectivity index (χ3n) is 2.98. The Bertz CT molecular complexity index is 762. The van der Waals surface area contributed by atoms with E-state index in [1.807, 2.05) is 0 Å². The minimum atomic E-state index is -3.77. The number of aliphatic hydroxyl groups excluding tert-OH is 1. The molecule has 1 heterocycles. The van der Waals surface area contributed by atoms with Crippen LogP contribution in [0.5, 0.6) is 0 Å². The van der Waals surface area contributed by atoms with Crippen molar-refractivity contribution >= 4 is 32.5 Å². The summed E-state index contributed by atoms with van der Waals surface area (Å²) in [6.07, 6.45) is 3.03. The lowest BCUT2D eigenvalue weighted by molar-refractivity contribution is 0.260. The molecule has 0 radical (unpaired) electrons. The normalized spacial score (nSPS) is 12.0. The van der Waals surface area contributed by atoms with Gasteiger partial charge >= 0.3 is 0 Å². The first-order valence-electron chi connectivity index (χ1n) is 6.27. The van der Waals surface area contributed by atoms with Gasteiger partial charge in [0.2, 0.25) is 10.0 Å². The van der Waals surface area contributed by atoms with Crippen LogP contribution in [-0.2, 0) is 10.0 Å². The predicted molar refractivity (Wildman–Crippen MR) is 82.8 cm³/mol. The van der Waals surface area contributed by atoms with Gasteiger partial charge in [0.05, 0.1) is 22.0 Å². The van der Waals surface area contributed by atoms with Crippen molar-refractivity contribution in [2.75, 3.05) is 19.7 Å². The SMILES string of the molecule is C=CCN(CCO)S(=O)(=O)c1ccc(Cl)c2ncccc12. The van der Waals surface area contributed by atoms with Gasteiger partial charge in [-0.25, -0.2) is 8.42 Å². The Kier molecular flexibility index (Phi) is 4.95. The fraction of sp³-hybridized carbons (Fsp3) is 0.214. The van der Waals surface area contributed by atoms with E-state index in [0.29, 0.717) is 15.9 Å². The molecule has 0 aliphatic rings. The number of nitrogens with zero attached hydrogens (tertiary/aromatic N) is 2. The topological polar surface area (TPSA) is 70.5 Å². The van der Waals surface area contributed by atoms with Crippen LogP contribution in [0.1, 0.15) is 0 Å². The monoisotopic (exact) mass is 326 g/mol. The lowest BCUT2D eigenvalue weighted by Gasteiger charge is -2.20. The number of pyridine rings is 1. The lowest BCUT2D eigenvalue weighted by Crippen LogP contribution is -2.33. The van der Waals surface area contributed by atoms with Gasteiger partial charge in [0, 0.05) is 24.7 Å². The van der Waals surface area contributed by atoms with Crippen LogP contribution in [0, 0.1) is 0 Å². The smallest absolute Gasteiger partial charge is 0.244 e. The summed E-state index contributed by atoms with van der Waals surface area (Å²) in [6, 6.07) is 6.28. The molecule has 0 saturated carbocycles. The summed E-state index contributed by atoms with van der Waals surface area (Å²) in [5.74, 6) is 0. The number of hydrogen-bond acceptors (Lipinski definition) is 4. The highest BCUT2D eigenvalue weighted by Crippen LogP contribution is 2.29. The van der Waals surface area contributed by atoms with Crippen LogP contribution in [-0.4, -0.2) is 42.5 Å². The van der Waals surface area contributed by atoms with Crippen LogP contribution in [0.3, 0.4) is 0 Å². The minimum Gasteiger partial charge on any atom is -0.395 e. The first-order valence-corrected chi connectivity index (χ1v) is 8.09. The van der Waals surface area contributed by atoms with E-state index in [1.54, 1.807) is 18.3 Å². The Labute approximate surface area is 128 Å². The number of rotatable bonds is 6. The molecule has 0 bridgehead atoms. The molecule has 7 heteroatoms. The highest BCUT2D eigenvalue weighted by molar-refractivity contribution is 7.89. The Morgan fingerprint density at radius 2 is 2.14 bits per heavy atom. The summed E-state index contributed by atoms with van der Waals surface area (Å²) < 4.78 is 26.6. The maximum Gasteiger partial charge on any atom is 0.244 e. The van der Waals surface area contributed by atoms with Gasteiger partial charge in [-0.3, -0.25) is 4.98 Å². The van der Waals surface area contributed by atoms with Gasteiger partial charge in [0.15, 0.2) is 0 Å². The third-order valence-corrected chi connectivity index (χ3v) is 5.21. The van der Waals surface area contributed by atoms with Crippen molar-refractivity contribution in [1.29, 1.82) is 0 Å². The van der Waals surface area contributed by atoms with Gasteiger partial charge in [0.25, 0.3) is 0 Å². The Balaban J connectivity index is 2.64. The molecule has 0 atom stereocenters. The van der Waals surface area contributed by atoms with Crippen LogP contribution >= 0.6 is 11.6 Å². The van der Waals surface area contributed by atoms with Gasteiger partial charge in [-0.2, -0.15) is 4.31 Å². The molecule has 0 aliphatic carbocycles. The van der Waals surface area contributed by atoms with Gasteiger partial charge in [-0.15, -0.1) is 6.58 Å². The summed E-state index contributed by atoms with van der Waals surface area (Å²) >= 11 is 6.05. The first-order chi connectivity index (χ1) is 10.0. The second-order valence-corrected chi connectivity index (χ2v) is 6.63. The summed E-state index contributed by atoms with van der Waals surface area (Å²) in [7, 11) is -3.77. The molecule has 0 amide bonds. The van der Waals surface area contributed by atoms with E-state index in [0.717, 1.165) is 4.31 Å². The average molecular weight is 327 g/mol. The molecule has 2 aromatic rings. The molecular formula is C14H15ClN2O3S. The molecular weight excluding hydrogens is 312 g/mol. The number of aliphatic hydroxyl groups is 1. The number of hydrogen-bond donors (Lipinski definition) is 1. The van der Waals surface area contributed by atoms with Crippen LogP contribution < -0.4 is 0 Å². The van der Waals surface area contributed by atoms with Crippen LogP contribution in [0.2, 0.25) is 5.02 Å². The molecule has 0 unspecified atom stereocenters. The quantitative estimate of drug-likeness (QED) is 0.825. The molecule has 0 fully saturated rings. The maximum absolute atomic E-state index is 12.7. The van der Waals surface area contributed by atoms with Gasteiger partial charge in [-0.05, 0) is 24.3 Å². The van der Waals surface area contributed by atoms with Crippen LogP contribution in [0.25, 0.3) is 10.9 Å². The second-order valence-electron chi connectivity index (χ2n) is 4.32. The predicted octanol–water partition coefficient (Wildman–Crippen LogP) is 2.06. The fourth-order valence-electron chi connectivity index (χ4n) is 2.04. The van der Waals surface area contributed by atoms with E-state index in [2.05, 4.69) is 11.6 Å². The van der Waals surface area contributed by atoms with E-state index in [1.165, 1.54) is 18.2 Å². The molecule has 2 rings (SSSR count). The first kappa shape index (κ1) is 15.9. The molecule has 0 spiro atoms. The van der Waals surface area contributed by atoms with E-state index in [9.17, 15) is 8.42 Å². The average Bonchev–Trinajstić information content (AvgIpc) is 2.47. The van der Waals surface area contributed by atoms with Gasteiger partial charge in [0.1, 0.15) is 0 Å². The molecule has 112 valence electrons. The largest absolute Gasteiger partial charge is 0.395 e. The van der Waals surface area contributed by atoms with Crippen molar-refractivity contribution in [1.82, 2.24) is 9.29 Å². The van der Waals surface area contributed by atoms with Crippen molar-refractivity contribution in [3.05, 3.63) is 48.1 Å². The van der Waals surface area contributed by atoms with E-state index < -0.39 is 10.0 Å². The van der Waals surface area contributed by atoms with E-state index >= 15 is 0 Å². The van der Waals surface area contributed by atoms with Crippen molar-refractivity contribution < 1.29 is 13.5 Å². The van der Waals surface area contributed by atoms with Crippen molar-refractivity contribution in [2.24, 2.45) is 0 Å². The molecule has 0 aliphatic heterocycles. The summed E-state index contributed by atoms with van der Waals surface area (Å²) in [6.45, 7) is 3.40. The molecule has 21 heavy (non-hydrogen) atoms. The molecule has 1 aromatic heterocycles. The minimum absolute atomic E-state index is 0.00125. The van der Waals surface area contributed by atoms with Crippen LogP contribution in [0.4, 0.5) is 0 Å².